The highest BCUT2D eigenvalue weighted by Gasteiger charge is 2.27. The van der Waals surface area contributed by atoms with E-state index in [4.69, 9.17) is 9.47 Å². The predicted molar refractivity (Wildman–Crippen MR) is 110 cm³/mol. The summed E-state index contributed by atoms with van der Waals surface area (Å²) in [7, 11) is 0.347. The van der Waals surface area contributed by atoms with Gasteiger partial charge in [0.25, 0.3) is 11.2 Å². The maximum Gasteiger partial charge on any atom is 0.348 e. The van der Waals surface area contributed by atoms with Crippen molar-refractivity contribution in [2.75, 3.05) is 13.2 Å². The zero-order valence-electron chi connectivity index (χ0n) is 16.7. The fraction of sp³-hybridized carbons (Fsp3) is 0.529. The zero-order valence-corrected chi connectivity index (χ0v) is 18.5. The third kappa shape index (κ3) is 5.18. The van der Waals surface area contributed by atoms with E-state index in [1.54, 1.807) is 18.7 Å². The van der Waals surface area contributed by atoms with E-state index in [0.29, 0.717) is 6.61 Å². The number of hydrogen-bond acceptors (Lipinski definition) is 7. The first-order valence-corrected chi connectivity index (χ1v) is 13.4. The van der Waals surface area contributed by atoms with Crippen molar-refractivity contribution < 1.29 is 19.2 Å². The molecular weight excluding hydrogens is 402 g/mol. The molecule has 0 atom stereocenters. The number of nitrogens with zero attached hydrogens (tertiary/aromatic N) is 3. The quantitative estimate of drug-likeness (QED) is 0.200. The molecule has 0 fully saturated rings. The molecule has 0 N–H and O–H groups in total. The summed E-state index contributed by atoms with van der Waals surface area (Å²) < 4.78 is 13.5. The molecule has 0 bridgehead atoms. The van der Waals surface area contributed by atoms with Crippen LogP contribution < -0.4 is 5.56 Å². The number of aromatic nitrogens is 2. The minimum Gasteiger partial charge on any atom is -0.462 e. The molecule has 2 rings (SSSR count). The number of nitro groups is 1. The van der Waals surface area contributed by atoms with E-state index in [9.17, 15) is 19.7 Å². The van der Waals surface area contributed by atoms with Gasteiger partial charge in [0.05, 0.1) is 17.1 Å². The van der Waals surface area contributed by atoms with Gasteiger partial charge in [-0.3, -0.25) is 24.3 Å². The maximum atomic E-state index is 12.6. The van der Waals surface area contributed by atoms with Gasteiger partial charge in [0, 0.05) is 34.0 Å². The summed E-state index contributed by atoms with van der Waals surface area (Å²) >= 11 is 0.879. The van der Waals surface area contributed by atoms with Gasteiger partial charge in [0.1, 0.15) is 16.5 Å². The van der Waals surface area contributed by atoms with Gasteiger partial charge < -0.3 is 9.47 Å². The van der Waals surface area contributed by atoms with Crippen LogP contribution in [0.1, 0.15) is 16.6 Å². The first kappa shape index (κ1) is 22.1. The number of hydrogen-bond donors (Lipinski definition) is 0. The second-order valence-electron chi connectivity index (χ2n) is 7.46. The Bertz CT molecular complexity index is 924. The van der Waals surface area contributed by atoms with Gasteiger partial charge in [-0.05, 0) is 13.0 Å². The molecule has 28 heavy (non-hydrogen) atoms. The zero-order chi connectivity index (χ0) is 21.1. The average Bonchev–Trinajstić information content (AvgIpc) is 3.15. The van der Waals surface area contributed by atoms with Crippen molar-refractivity contribution in [1.82, 2.24) is 9.36 Å². The molecule has 0 amide bonds. The van der Waals surface area contributed by atoms with E-state index in [-0.39, 0.29) is 34.3 Å². The van der Waals surface area contributed by atoms with Crippen LogP contribution in [0.15, 0.2) is 17.1 Å². The fourth-order valence-electron chi connectivity index (χ4n) is 2.41. The topological polar surface area (TPSA) is 106 Å². The monoisotopic (exact) mass is 427 g/mol. The largest absolute Gasteiger partial charge is 0.462 e. The van der Waals surface area contributed by atoms with E-state index in [1.165, 1.54) is 10.9 Å². The number of carbonyl (C=O) groups is 1. The summed E-state index contributed by atoms with van der Waals surface area (Å²) in [6.45, 7) is 9.31. The van der Waals surface area contributed by atoms with Gasteiger partial charge in [-0.15, -0.1) is 11.3 Å². The summed E-state index contributed by atoms with van der Waals surface area (Å²) in [4.78, 5) is 35.6. The number of ether oxygens (including phenoxy) is 2. The van der Waals surface area contributed by atoms with Crippen LogP contribution in [0.4, 0.5) is 5.69 Å². The van der Waals surface area contributed by atoms with Crippen LogP contribution in [0, 0.1) is 10.1 Å². The van der Waals surface area contributed by atoms with Gasteiger partial charge in [0.15, 0.2) is 0 Å². The molecule has 0 saturated carbocycles. The van der Waals surface area contributed by atoms with Gasteiger partial charge in [-0.1, -0.05) is 19.6 Å². The molecule has 0 radical (unpaired) electrons. The highest BCUT2D eigenvalue weighted by molar-refractivity contribution is 7.17. The SMILES string of the molecule is CCOC(=O)c1cc([N+](=O)[O-])c(-c2cn(COCC[Si](C)(C)C)n(C)c2=O)s1. The van der Waals surface area contributed by atoms with Crippen LogP contribution in [0.2, 0.25) is 25.7 Å². The van der Waals surface area contributed by atoms with Crippen molar-refractivity contribution in [3.8, 4) is 10.4 Å². The lowest BCUT2D eigenvalue weighted by atomic mass is 10.2. The molecule has 154 valence electrons. The Kier molecular flexibility index (Phi) is 6.96. The molecule has 0 aliphatic carbocycles. The second kappa shape index (κ2) is 8.84. The maximum absolute atomic E-state index is 12.6. The van der Waals surface area contributed by atoms with Crippen molar-refractivity contribution in [1.29, 1.82) is 0 Å². The molecule has 0 saturated heterocycles. The summed E-state index contributed by atoms with van der Waals surface area (Å²) in [5, 5.41) is 11.4. The molecule has 2 aromatic rings. The summed E-state index contributed by atoms with van der Waals surface area (Å²) in [5.74, 6) is -0.646. The Labute approximate surface area is 167 Å². The average molecular weight is 428 g/mol. The Hall–Kier alpha value is -2.24. The normalized spacial score (nSPS) is 11.6. The van der Waals surface area contributed by atoms with Crippen LogP contribution in [-0.2, 0) is 23.3 Å². The van der Waals surface area contributed by atoms with Gasteiger partial charge >= 0.3 is 5.97 Å². The number of esters is 1. The third-order valence-corrected chi connectivity index (χ3v) is 6.88. The highest BCUT2D eigenvalue weighted by Crippen LogP contribution is 2.37. The Morgan fingerprint density at radius 2 is 2.04 bits per heavy atom. The lowest BCUT2D eigenvalue weighted by Crippen LogP contribution is -2.24. The summed E-state index contributed by atoms with van der Waals surface area (Å²) in [6, 6.07) is 2.15. The van der Waals surface area contributed by atoms with E-state index in [2.05, 4.69) is 19.6 Å². The minimum atomic E-state index is -1.22. The van der Waals surface area contributed by atoms with Crippen LogP contribution in [-0.4, -0.2) is 41.5 Å². The van der Waals surface area contributed by atoms with Gasteiger partial charge in [-0.2, -0.15) is 0 Å². The van der Waals surface area contributed by atoms with Crippen molar-refractivity contribution in [2.45, 2.75) is 39.3 Å². The molecule has 2 aromatic heterocycles. The molecule has 0 spiro atoms. The standard InChI is InChI=1S/C17H25N3O6SSi/c1-6-26-17(22)14-9-13(20(23)24)15(27-14)12-10-19(18(2)16(12)21)11-25-7-8-28(3,4)5/h9-10H,6-8,11H2,1-5H3. The second-order valence-corrected chi connectivity index (χ2v) is 14.1. The van der Waals surface area contributed by atoms with Crippen molar-refractivity contribution in [2.24, 2.45) is 7.05 Å². The summed E-state index contributed by atoms with van der Waals surface area (Å²) in [6.07, 6.45) is 1.52. The van der Waals surface area contributed by atoms with Crippen LogP contribution in [0.25, 0.3) is 10.4 Å². The van der Waals surface area contributed by atoms with Crippen LogP contribution in [0.3, 0.4) is 0 Å². The third-order valence-electron chi connectivity index (χ3n) is 4.04. The van der Waals surface area contributed by atoms with E-state index in [1.807, 2.05) is 0 Å². The highest BCUT2D eigenvalue weighted by atomic mass is 32.1. The first-order chi connectivity index (χ1) is 13.0. The van der Waals surface area contributed by atoms with E-state index < -0.39 is 24.5 Å². The molecule has 2 heterocycles. The Morgan fingerprint density at radius 3 is 2.61 bits per heavy atom. The number of thiophene rings is 1. The van der Waals surface area contributed by atoms with Gasteiger partial charge in [0.2, 0.25) is 0 Å². The molecule has 9 nitrogen and oxygen atoms in total. The lowest BCUT2D eigenvalue weighted by molar-refractivity contribution is -0.383. The van der Waals surface area contributed by atoms with Crippen molar-refractivity contribution in [3.63, 3.8) is 0 Å². The minimum absolute atomic E-state index is 0.0877. The van der Waals surface area contributed by atoms with E-state index >= 15 is 0 Å². The van der Waals surface area contributed by atoms with Gasteiger partial charge in [-0.25, -0.2) is 4.79 Å². The molecular formula is C17H25N3O6SSi. The first-order valence-electron chi connectivity index (χ1n) is 8.85. The molecule has 0 aliphatic heterocycles. The van der Waals surface area contributed by atoms with Crippen LogP contribution in [0.5, 0.6) is 0 Å². The molecule has 0 aromatic carbocycles. The van der Waals surface area contributed by atoms with Crippen molar-refractivity contribution in [3.05, 3.63) is 37.6 Å². The number of carbonyl (C=O) groups excluding carboxylic acids is 1. The number of rotatable bonds is 9. The fourth-order valence-corrected chi connectivity index (χ4v) is 4.19. The molecule has 0 unspecified atom stereocenters. The Balaban J connectivity index is 2.31. The lowest BCUT2D eigenvalue weighted by Gasteiger charge is -2.16. The van der Waals surface area contributed by atoms with Crippen molar-refractivity contribution >= 4 is 31.1 Å². The Morgan fingerprint density at radius 1 is 1.36 bits per heavy atom. The van der Waals surface area contributed by atoms with Crippen LogP contribution >= 0.6 is 11.3 Å². The molecule has 0 aliphatic rings. The van der Waals surface area contributed by atoms with E-state index in [0.717, 1.165) is 23.4 Å². The smallest absolute Gasteiger partial charge is 0.348 e. The summed E-state index contributed by atoms with van der Waals surface area (Å²) in [5.41, 5.74) is -0.528. The molecule has 11 heteroatoms. The predicted octanol–water partition coefficient (Wildman–Crippen LogP) is 3.31.